The van der Waals surface area contributed by atoms with Crippen LogP contribution in [0.15, 0.2) is 0 Å². The molecule has 5 nitrogen and oxygen atoms in total. The maximum Gasteiger partial charge on any atom is 0.308 e. The number of epoxide rings is 1. The van der Waals surface area contributed by atoms with Crippen molar-refractivity contribution in [1.29, 1.82) is 0 Å². The molecule has 0 amide bonds. The first-order chi connectivity index (χ1) is 7.97. The molecule has 1 aliphatic carbocycles. The first kappa shape index (κ1) is 11.4. The number of fused-ring (bicyclic) bond motifs is 3. The molecule has 2 saturated heterocycles. The highest BCUT2D eigenvalue weighted by molar-refractivity contribution is 5.72. The van der Waals surface area contributed by atoms with Gasteiger partial charge in [0.2, 0.25) is 0 Å². The summed E-state index contributed by atoms with van der Waals surface area (Å²) in [7, 11) is 0. The van der Waals surface area contributed by atoms with Crippen LogP contribution in [-0.4, -0.2) is 42.3 Å². The fourth-order valence-electron chi connectivity index (χ4n) is 3.06. The Morgan fingerprint density at radius 2 is 2.12 bits per heavy atom. The van der Waals surface area contributed by atoms with Crippen molar-refractivity contribution >= 4 is 5.97 Å². The summed E-state index contributed by atoms with van der Waals surface area (Å²) in [6.45, 7) is 5.98. The summed E-state index contributed by atoms with van der Waals surface area (Å²) in [6.07, 6.45) is 1.10. The summed E-state index contributed by atoms with van der Waals surface area (Å²) in [5, 5.41) is 0. The molecule has 2 aliphatic heterocycles. The van der Waals surface area contributed by atoms with Crippen LogP contribution in [0.5, 0.6) is 0 Å². The maximum atomic E-state index is 11.6. The van der Waals surface area contributed by atoms with Gasteiger partial charge in [-0.15, -0.1) is 0 Å². The van der Waals surface area contributed by atoms with Gasteiger partial charge in [-0.05, 0) is 20.8 Å². The van der Waals surface area contributed by atoms with E-state index in [1.807, 2.05) is 13.8 Å². The number of carbonyl (C=O) groups excluding carboxylic acids is 1. The van der Waals surface area contributed by atoms with Gasteiger partial charge in [0.25, 0.3) is 0 Å². The van der Waals surface area contributed by atoms with Crippen molar-refractivity contribution in [2.24, 2.45) is 0 Å². The van der Waals surface area contributed by atoms with E-state index >= 15 is 0 Å². The molecule has 4 atom stereocenters. The average molecular weight is 242 g/mol. The highest BCUT2D eigenvalue weighted by Gasteiger charge is 2.74. The van der Waals surface area contributed by atoms with Crippen LogP contribution in [0.4, 0.5) is 0 Å². The molecule has 0 unspecified atom stereocenters. The minimum atomic E-state index is -0.575. The zero-order valence-electron chi connectivity index (χ0n) is 10.4. The number of hydrogen-bond donors (Lipinski definition) is 0. The Morgan fingerprint density at radius 3 is 2.82 bits per heavy atom. The quantitative estimate of drug-likeness (QED) is 0.546. The van der Waals surface area contributed by atoms with Gasteiger partial charge in [-0.25, -0.2) is 0 Å². The summed E-state index contributed by atoms with van der Waals surface area (Å²) in [5.41, 5.74) is -0.481. The van der Waals surface area contributed by atoms with Crippen LogP contribution in [0.1, 0.15) is 33.6 Å². The lowest BCUT2D eigenvalue weighted by molar-refractivity contribution is -0.158. The highest BCUT2D eigenvalue weighted by atomic mass is 16.8. The molecule has 96 valence electrons. The van der Waals surface area contributed by atoms with Gasteiger partial charge in [-0.1, -0.05) is 0 Å². The van der Waals surface area contributed by atoms with Crippen LogP contribution in [0.3, 0.4) is 0 Å². The zero-order chi connectivity index (χ0) is 12.3. The second-order valence-corrected chi connectivity index (χ2v) is 5.37. The SMILES string of the molecule is CCOC(=O)C[C@]12O[C@H]1C[C@@H]1OC(C)(C)O[C@@H]12. The molecule has 1 saturated carbocycles. The van der Waals surface area contributed by atoms with Crippen molar-refractivity contribution in [1.82, 2.24) is 0 Å². The monoisotopic (exact) mass is 242 g/mol. The second kappa shape index (κ2) is 3.43. The Morgan fingerprint density at radius 1 is 1.35 bits per heavy atom. The Bertz CT molecular complexity index is 353. The third kappa shape index (κ3) is 1.68. The number of rotatable bonds is 3. The van der Waals surface area contributed by atoms with E-state index in [4.69, 9.17) is 18.9 Å². The summed E-state index contributed by atoms with van der Waals surface area (Å²) < 4.78 is 22.3. The molecule has 5 heteroatoms. The Hall–Kier alpha value is -0.650. The van der Waals surface area contributed by atoms with E-state index < -0.39 is 11.4 Å². The van der Waals surface area contributed by atoms with Gasteiger partial charge < -0.3 is 18.9 Å². The average Bonchev–Trinajstić information content (AvgIpc) is 2.66. The molecule has 0 aromatic rings. The first-order valence-corrected chi connectivity index (χ1v) is 6.16. The molecule has 0 bridgehead atoms. The van der Waals surface area contributed by atoms with Crippen molar-refractivity contribution in [3.05, 3.63) is 0 Å². The van der Waals surface area contributed by atoms with Gasteiger partial charge in [-0.3, -0.25) is 4.79 Å². The highest BCUT2D eigenvalue weighted by Crippen LogP contribution is 2.58. The van der Waals surface area contributed by atoms with E-state index in [9.17, 15) is 4.79 Å². The van der Waals surface area contributed by atoms with Crippen LogP contribution in [0, 0.1) is 0 Å². The summed E-state index contributed by atoms with van der Waals surface area (Å²) >= 11 is 0. The summed E-state index contributed by atoms with van der Waals surface area (Å²) in [5.74, 6) is -0.794. The Balaban J connectivity index is 1.71. The van der Waals surface area contributed by atoms with Crippen LogP contribution in [-0.2, 0) is 23.7 Å². The standard InChI is InChI=1S/C12H18O5/c1-4-14-9(13)6-12-8(16-12)5-7-10(12)17-11(2,3)15-7/h7-8,10H,4-6H2,1-3H3/t7-,8-,10-,12-/m0/s1. The van der Waals surface area contributed by atoms with E-state index in [-0.39, 0.29) is 30.7 Å². The first-order valence-electron chi connectivity index (χ1n) is 6.16. The van der Waals surface area contributed by atoms with E-state index in [1.54, 1.807) is 6.92 Å². The van der Waals surface area contributed by atoms with E-state index in [0.717, 1.165) is 6.42 Å². The summed E-state index contributed by atoms with van der Waals surface area (Å²) in [4.78, 5) is 11.6. The summed E-state index contributed by atoms with van der Waals surface area (Å²) in [6, 6.07) is 0. The number of ether oxygens (including phenoxy) is 4. The van der Waals surface area contributed by atoms with Crippen LogP contribution in [0.2, 0.25) is 0 Å². The van der Waals surface area contributed by atoms with Crippen molar-refractivity contribution in [2.45, 2.75) is 63.3 Å². The second-order valence-electron chi connectivity index (χ2n) is 5.37. The predicted octanol–water partition coefficient (Wildman–Crippen LogP) is 1.00. The van der Waals surface area contributed by atoms with Gasteiger partial charge >= 0.3 is 5.97 Å². The number of esters is 1. The molecular formula is C12H18O5. The minimum absolute atomic E-state index is 0.0539. The predicted molar refractivity (Wildman–Crippen MR) is 57.3 cm³/mol. The van der Waals surface area contributed by atoms with Gasteiger partial charge in [0.05, 0.1) is 25.2 Å². The molecular weight excluding hydrogens is 224 g/mol. The number of hydrogen-bond acceptors (Lipinski definition) is 5. The molecule has 2 heterocycles. The molecule has 0 aromatic carbocycles. The van der Waals surface area contributed by atoms with Gasteiger partial charge in [0.1, 0.15) is 11.7 Å². The smallest absolute Gasteiger partial charge is 0.308 e. The molecule has 0 radical (unpaired) electrons. The van der Waals surface area contributed by atoms with Crippen molar-refractivity contribution in [3.63, 3.8) is 0 Å². The van der Waals surface area contributed by atoms with Crippen molar-refractivity contribution < 1.29 is 23.7 Å². The normalized spacial score (nSPS) is 45.2. The van der Waals surface area contributed by atoms with Crippen molar-refractivity contribution in [3.8, 4) is 0 Å². The number of carbonyl (C=O) groups is 1. The van der Waals surface area contributed by atoms with Crippen LogP contribution in [0.25, 0.3) is 0 Å². The third-order valence-corrected chi connectivity index (χ3v) is 3.69. The lowest BCUT2D eigenvalue weighted by atomic mass is 10.00. The fourth-order valence-corrected chi connectivity index (χ4v) is 3.06. The molecule has 0 aromatic heterocycles. The van der Waals surface area contributed by atoms with Gasteiger partial charge in [-0.2, -0.15) is 0 Å². The maximum absolute atomic E-state index is 11.6. The lowest BCUT2D eigenvalue weighted by Crippen LogP contribution is -2.36. The lowest BCUT2D eigenvalue weighted by Gasteiger charge is -2.20. The minimum Gasteiger partial charge on any atom is -0.466 e. The Kier molecular flexibility index (Phi) is 2.31. The molecule has 0 spiro atoms. The van der Waals surface area contributed by atoms with E-state index in [0.29, 0.717) is 6.61 Å². The zero-order valence-corrected chi connectivity index (χ0v) is 10.4. The molecule has 3 fully saturated rings. The molecule has 3 aliphatic rings. The third-order valence-electron chi connectivity index (χ3n) is 3.69. The largest absolute Gasteiger partial charge is 0.466 e. The van der Waals surface area contributed by atoms with Crippen LogP contribution >= 0.6 is 0 Å². The van der Waals surface area contributed by atoms with Gasteiger partial charge in [0.15, 0.2) is 5.79 Å². The molecule has 17 heavy (non-hydrogen) atoms. The van der Waals surface area contributed by atoms with E-state index in [1.165, 1.54) is 0 Å². The van der Waals surface area contributed by atoms with Gasteiger partial charge in [0, 0.05) is 6.42 Å². The van der Waals surface area contributed by atoms with E-state index in [2.05, 4.69) is 0 Å². The molecule has 3 rings (SSSR count). The molecule has 0 N–H and O–H groups in total. The van der Waals surface area contributed by atoms with Crippen LogP contribution < -0.4 is 0 Å². The topological polar surface area (TPSA) is 57.3 Å². The fraction of sp³-hybridized carbons (Fsp3) is 0.917. The Labute approximate surface area is 100 Å². The van der Waals surface area contributed by atoms with Crippen molar-refractivity contribution in [2.75, 3.05) is 6.61 Å².